The van der Waals surface area contributed by atoms with Gasteiger partial charge in [-0.15, -0.1) is 0 Å². The predicted molar refractivity (Wildman–Crippen MR) is 179 cm³/mol. The van der Waals surface area contributed by atoms with E-state index in [2.05, 4.69) is 9.71 Å². The second-order valence-electron chi connectivity index (χ2n) is 12.7. The molecule has 0 unspecified atom stereocenters. The number of hydrogen-bond acceptors (Lipinski definition) is 9. The van der Waals surface area contributed by atoms with Gasteiger partial charge in [-0.2, -0.15) is 0 Å². The summed E-state index contributed by atoms with van der Waals surface area (Å²) in [5.41, 5.74) is 18.6. The lowest BCUT2D eigenvalue weighted by Crippen LogP contribution is -2.38. The Balaban J connectivity index is 1.11. The standard InChI is InChI=1S/C35H42N4O7S/c1-20-21(2)31(22(3)23-16-17-35(4,5)46-30(20)23)47(42,43)39-33(37)38-18-10-15-29(36)32(40)45-34(41)44-19-28-26-13-8-6-11-24(26)25-12-7-9-14-27(25)28/h6-9,11-14,28-29H,10,15-19,36H2,1-5H3,(H3,37,38,39)/t29-/m1/s1. The molecule has 1 aliphatic carbocycles. The van der Waals surface area contributed by atoms with Crippen LogP contribution in [0.2, 0.25) is 0 Å². The molecule has 11 nitrogen and oxygen atoms in total. The van der Waals surface area contributed by atoms with Crippen molar-refractivity contribution >= 4 is 28.1 Å². The number of sulfonamides is 1. The largest absolute Gasteiger partial charge is 0.516 e. The van der Waals surface area contributed by atoms with Crippen molar-refractivity contribution in [2.75, 3.05) is 13.2 Å². The van der Waals surface area contributed by atoms with E-state index in [1.54, 1.807) is 13.8 Å². The average Bonchev–Trinajstić information content (AvgIpc) is 3.33. The summed E-state index contributed by atoms with van der Waals surface area (Å²) in [6.07, 6.45) is 0.749. The van der Waals surface area contributed by atoms with Gasteiger partial charge in [0.1, 0.15) is 24.0 Å². The molecule has 0 bridgehead atoms. The van der Waals surface area contributed by atoms with E-state index in [0.717, 1.165) is 45.6 Å². The second-order valence-corrected chi connectivity index (χ2v) is 14.3. The number of aliphatic imine (C=N–C) groups is 1. The Morgan fingerprint density at radius 3 is 2.28 bits per heavy atom. The Hall–Kier alpha value is -4.42. The zero-order chi connectivity index (χ0) is 34.1. The SMILES string of the molecule is Cc1c(C)c(S(=O)(=O)NC(N)=NCCC[C@@H](N)C(=O)OC(=O)OCC2c3ccccc3-c3ccccc32)c(C)c2c1OC(C)(C)CC2. The summed E-state index contributed by atoms with van der Waals surface area (Å²) in [6.45, 7) is 9.51. The lowest BCUT2D eigenvalue weighted by molar-refractivity contribution is -0.141. The van der Waals surface area contributed by atoms with Gasteiger partial charge in [-0.25, -0.2) is 22.7 Å². The van der Waals surface area contributed by atoms with E-state index in [1.165, 1.54) is 0 Å². The first-order valence-electron chi connectivity index (χ1n) is 15.7. The smallest absolute Gasteiger partial charge is 0.487 e. The van der Waals surface area contributed by atoms with Gasteiger partial charge in [-0.05, 0) is 105 Å². The number of nitrogens with two attached hydrogens (primary N) is 2. The van der Waals surface area contributed by atoms with E-state index in [-0.39, 0.29) is 48.4 Å². The molecule has 1 heterocycles. The Kier molecular flexibility index (Phi) is 9.65. The molecule has 0 radical (unpaired) electrons. The normalized spacial score (nSPS) is 15.9. The summed E-state index contributed by atoms with van der Waals surface area (Å²) in [7, 11) is -4.04. The third-order valence-corrected chi connectivity index (χ3v) is 10.6. The molecule has 12 heteroatoms. The lowest BCUT2D eigenvalue weighted by Gasteiger charge is -2.35. The molecule has 250 valence electrons. The minimum atomic E-state index is -4.04. The van der Waals surface area contributed by atoms with E-state index in [4.69, 9.17) is 25.7 Å². The molecule has 5 rings (SSSR count). The van der Waals surface area contributed by atoms with Crippen LogP contribution in [0.4, 0.5) is 4.79 Å². The van der Waals surface area contributed by atoms with Crippen LogP contribution in [0.25, 0.3) is 11.1 Å². The van der Waals surface area contributed by atoms with E-state index in [1.807, 2.05) is 69.3 Å². The molecule has 0 aromatic heterocycles. The maximum Gasteiger partial charge on any atom is 0.516 e. The van der Waals surface area contributed by atoms with Crippen molar-refractivity contribution in [3.8, 4) is 16.9 Å². The number of carbonyl (C=O) groups is 2. The molecule has 0 amide bonds. The van der Waals surface area contributed by atoms with Crippen LogP contribution in [0.5, 0.6) is 5.75 Å². The first-order valence-corrected chi connectivity index (χ1v) is 17.1. The first kappa shape index (κ1) is 33.9. The zero-order valence-corrected chi connectivity index (χ0v) is 28.2. The first-order chi connectivity index (χ1) is 22.2. The Bertz CT molecular complexity index is 1810. The number of hydrogen-bond donors (Lipinski definition) is 3. The summed E-state index contributed by atoms with van der Waals surface area (Å²) < 4.78 is 45.5. The van der Waals surface area contributed by atoms with Crippen molar-refractivity contribution in [1.29, 1.82) is 0 Å². The molecule has 5 N–H and O–H groups in total. The topological polar surface area (TPSA) is 172 Å². The molecule has 1 aliphatic heterocycles. The van der Waals surface area contributed by atoms with Gasteiger partial charge in [-0.1, -0.05) is 48.5 Å². The number of ether oxygens (including phenoxy) is 3. The molecule has 1 atom stereocenters. The molecule has 0 fully saturated rings. The van der Waals surface area contributed by atoms with E-state index in [9.17, 15) is 18.0 Å². The Morgan fingerprint density at radius 1 is 1.02 bits per heavy atom. The van der Waals surface area contributed by atoms with Crippen LogP contribution in [0.1, 0.15) is 72.4 Å². The van der Waals surface area contributed by atoms with Gasteiger partial charge in [-0.3, -0.25) is 4.99 Å². The minimum Gasteiger partial charge on any atom is -0.487 e. The number of esters is 1. The van der Waals surface area contributed by atoms with Crippen LogP contribution in [-0.4, -0.2) is 51.3 Å². The highest BCUT2D eigenvalue weighted by Gasteiger charge is 2.34. The molecule has 2 aliphatic rings. The van der Waals surface area contributed by atoms with Crippen molar-refractivity contribution < 1.29 is 32.2 Å². The lowest BCUT2D eigenvalue weighted by atomic mass is 9.88. The zero-order valence-electron chi connectivity index (χ0n) is 27.4. The summed E-state index contributed by atoms with van der Waals surface area (Å²) >= 11 is 0. The van der Waals surface area contributed by atoms with Crippen LogP contribution in [0.15, 0.2) is 58.4 Å². The monoisotopic (exact) mass is 662 g/mol. The summed E-state index contributed by atoms with van der Waals surface area (Å²) in [5, 5.41) is 0. The number of guanidine groups is 1. The number of rotatable bonds is 9. The Labute approximate surface area is 275 Å². The molecule has 3 aromatic carbocycles. The maximum atomic E-state index is 13.4. The number of benzene rings is 3. The van der Waals surface area contributed by atoms with Gasteiger partial charge >= 0.3 is 12.1 Å². The summed E-state index contributed by atoms with van der Waals surface area (Å²) in [5.74, 6) is -0.650. The fourth-order valence-corrected chi connectivity index (χ4v) is 7.90. The number of nitrogens with one attached hydrogen (secondary N) is 1. The van der Waals surface area contributed by atoms with Crippen LogP contribution in [0, 0.1) is 20.8 Å². The van der Waals surface area contributed by atoms with Crippen LogP contribution >= 0.6 is 0 Å². The van der Waals surface area contributed by atoms with Gasteiger partial charge in [0, 0.05) is 12.5 Å². The van der Waals surface area contributed by atoms with Crippen LogP contribution in [-0.2, 0) is 30.7 Å². The number of carbonyl (C=O) groups excluding carboxylic acids is 2. The van der Waals surface area contributed by atoms with Crippen molar-refractivity contribution in [3.05, 3.63) is 81.9 Å². The van der Waals surface area contributed by atoms with Gasteiger partial charge in [0.2, 0.25) is 5.96 Å². The van der Waals surface area contributed by atoms with Crippen molar-refractivity contribution in [2.45, 2.75) is 82.8 Å². The van der Waals surface area contributed by atoms with Crippen molar-refractivity contribution in [1.82, 2.24) is 4.72 Å². The molecule has 0 saturated carbocycles. The quantitative estimate of drug-likeness (QED) is 0.0946. The van der Waals surface area contributed by atoms with Crippen molar-refractivity contribution in [3.63, 3.8) is 0 Å². The van der Waals surface area contributed by atoms with E-state index >= 15 is 0 Å². The molecule has 47 heavy (non-hydrogen) atoms. The molecular formula is C35H42N4O7S. The van der Waals surface area contributed by atoms with E-state index in [0.29, 0.717) is 17.5 Å². The molecule has 0 saturated heterocycles. The van der Waals surface area contributed by atoms with Crippen LogP contribution < -0.4 is 20.9 Å². The molecular weight excluding hydrogens is 620 g/mol. The number of nitrogens with zero attached hydrogens (tertiary/aromatic N) is 1. The average molecular weight is 663 g/mol. The second kappa shape index (κ2) is 13.4. The van der Waals surface area contributed by atoms with Crippen molar-refractivity contribution in [2.24, 2.45) is 16.5 Å². The highest BCUT2D eigenvalue weighted by molar-refractivity contribution is 7.90. The summed E-state index contributed by atoms with van der Waals surface area (Å²) in [6, 6.07) is 14.7. The molecule has 0 spiro atoms. The predicted octanol–water partition coefficient (Wildman–Crippen LogP) is 4.91. The van der Waals surface area contributed by atoms with Gasteiger partial charge < -0.3 is 25.7 Å². The van der Waals surface area contributed by atoms with Gasteiger partial charge in [0.05, 0.1) is 4.90 Å². The Morgan fingerprint density at radius 2 is 1.64 bits per heavy atom. The maximum absolute atomic E-state index is 13.4. The third-order valence-electron chi connectivity index (χ3n) is 8.95. The fraction of sp³-hybridized carbons (Fsp3) is 0.400. The summed E-state index contributed by atoms with van der Waals surface area (Å²) in [4.78, 5) is 29.1. The molecule has 3 aromatic rings. The minimum absolute atomic E-state index is 0.00923. The van der Waals surface area contributed by atoms with Gasteiger partial charge in [0.25, 0.3) is 10.0 Å². The fourth-order valence-electron chi connectivity index (χ4n) is 6.38. The third kappa shape index (κ3) is 7.13. The highest BCUT2D eigenvalue weighted by Crippen LogP contribution is 2.45. The van der Waals surface area contributed by atoms with Crippen LogP contribution in [0.3, 0.4) is 0 Å². The van der Waals surface area contributed by atoms with Gasteiger partial charge in [0.15, 0.2) is 0 Å². The highest BCUT2D eigenvalue weighted by atomic mass is 32.2. The number of fused-ring (bicyclic) bond motifs is 4. The van der Waals surface area contributed by atoms with E-state index < -0.39 is 28.2 Å².